The van der Waals surface area contributed by atoms with Crippen molar-refractivity contribution < 1.29 is 14.3 Å². The molecular formula is C10H12N2O3. The lowest BCUT2D eigenvalue weighted by molar-refractivity contribution is 0.0594. The van der Waals surface area contributed by atoms with E-state index in [1.165, 1.54) is 13.3 Å². The molecule has 0 aromatic carbocycles. The summed E-state index contributed by atoms with van der Waals surface area (Å²) in [6.45, 7) is 1.72. The molecule has 1 aromatic heterocycles. The number of hydrogen-bond acceptors (Lipinski definition) is 5. The van der Waals surface area contributed by atoms with E-state index in [9.17, 15) is 4.79 Å². The summed E-state index contributed by atoms with van der Waals surface area (Å²) in [5, 5.41) is 3.10. The van der Waals surface area contributed by atoms with Gasteiger partial charge in [-0.1, -0.05) is 0 Å². The molecule has 1 aliphatic heterocycles. The Morgan fingerprint density at radius 3 is 2.80 bits per heavy atom. The average molecular weight is 208 g/mol. The van der Waals surface area contributed by atoms with E-state index in [2.05, 4.69) is 15.0 Å². The summed E-state index contributed by atoms with van der Waals surface area (Å²) in [4.78, 5) is 15.0. The zero-order chi connectivity index (χ0) is 10.7. The third kappa shape index (κ3) is 2.24. The number of esters is 1. The molecule has 15 heavy (non-hydrogen) atoms. The van der Waals surface area contributed by atoms with Crippen molar-refractivity contribution in [3.63, 3.8) is 0 Å². The predicted octanol–water partition coefficient (Wildman–Crippen LogP) is 0.219. The van der Waals surface area contributed by atoms with E-state index in [4.69, 9.17) is 4.74 Å². The van der Waals surface area contributed by atoms with Crippen molar-refractivity contribution in [2.45, 2.75) is 6.10 Å². The summed E-state index contributed by atoms with van der Waals surface area (Å²) in [5.74, 6) is 0.237. The van der Waals surface area contributed by atoms with Gasteiger partial charge in [0.25, 0.3) is 0 Å². The van der Waals surface area contributed by atoms with Gasteiger partial charge in [0.05, 0.1) is 13.3 Å². The Hall–Kier alpha value is -1.62. The molecular weight excluding hydrogens is 196 g/mol. The molecule has 1 aliphatic rings. The Balaban J connectivity index is 1.99. The second kappa shape index (κ2) is 4.27. The van der Waals surface area contributed by atoms with Gasteiger partial charge in [0, 0.05) is 13.1 Å². The van der Waals surface area contributed by atoms with Gasteiger partial charge in [-0.05, 0) is 12.1 Å². The van der Waals surface area contributed by atoms with Crippen molar-refractivity contribution in [2.24, 2.45) is 0 Å². The molecule has 0 atom stereocenters. The fourth-order valence-corrected chi connectivity index (χ4v) is 1.21. The molecule has 1 saturated heterocycles. The number of pyridine rings is 1. The predicted molar refractivity (Wildman–Crippen MR) is 52.9 cm³/mol. The van der Waals surface area contributed by atoms with Crippen LogP contribution in [0.3, 0.4) is 0 Å². The number of carbonyl (C=O) groups is 1. The molecule has 0 radical (unpaired) electrons. The first-order valence-corrected chi connectivity index (χ1v) is 4.71. The van der Waals surface area contributed by atoms with Gasteiger partial charge in [0.15, 0.2) is 0 Å². The molecule has 0 unspecified atom stereocenters. The molecule has 0 amide bonds. The van der Waals surface area contributed by atoms with Crippen molar-refractivity contribution in [2.75, 3.05) is 20.2 Å². The zero-order valence-corrected chi connectivity index (χ0v) is 8.40. The Bertz CT molecular complexity index is 346. The molecule has 1 N–H and O–H groups in total. The second-order valence-corrected chi connectivity index (χ2v) is 3.27. The van der Waals surface area contributed by atoms with E-state index in [0.29, 0.717) is 5.75 Å². The zero-order valence-electron chi connectivity index (χ0n) is 8.40. The van der Waals surface area contributed by atoms with Crippen LogP contribution in [-0.4, -0.2) is 37.3 Å². The summed E-state index contributed by atoms with van der Waals surface area (Å²) >= 11 is 0. The van der Waals surface area contributed by atoms with Crippen molar-refractivity contribution in [1.29, 1.82) is 0 Å². The van der Waals surface area contributed by atoms with Crippen LogP contribution in [0.5, 0.6) is 5.75 Å². The van der Waals surface area contributed by atoms with Gasteiger partial charge in [-0.15, -0.1) is 0 Å². The maximum atomic E-state index is 11.1. The topological polar surface area (TPSA) is 60.5 Å². The number of carbonyl (C=O) groups excluding carboxylic acids is 1. The molecule has 2 rings (SSSR count). The number of ether oxygens (including phenoxy) is 2. The van der Waals surface area contributed by atoms with Crippen LogP contribution < -0.4 is 10.1 Å². The third-order valence-corrected chi connectivity index (χ3v) is 2.18. The maximum absolute atomic E-state index is 11.1. The number of rotatable bonds is 3. The van der Waals surface area contributed by atoms with Crippen LogP contribution in [-0.2, 0) is 4.74 Å². The highest BCUT2D eigenvalue weighted by atomic mass is 16.5. The summed E-state index contributed by atoms with van der Waals surface area (Å²) in [6, 6.07) is 3.31. The van der Waals surface area contributed by atoms with Crippen LogP contribution in [0.25, 0.3) is 0 Å². The molecule has 0 spiro atoms. The van der Waals surface area contributed by atoms with Crippen LogP contribution >= 0.6 is 0 Å². The van der Waals surface area contributed by atoms with E-state index in [-0.39, 0.29) is 11.8 Å². The van der Waals surface area contributed by atoms with Crippen molar-refractivity contribution in [3.8, 4) is 5.75 Å². The van der Waals surface area contributed by atoms with E-state index in [1.54, 1.807) is 12.1 Å². The highest BCUT2D eigenvalue weighted by Crippen LogP contribution is 2.13. The molecule has 1 fully saturated rings. The molecule has 80 valence electrons. The van der Waals surface area contributed by atoms with Gasteiger partial charge < -0.3 is 14.8 Å². The van der Waals surface area contributed by atoms with E-state index >= 15 is 0 Å². The molecule has 1 aromatic rings. The summed E-state index contributed by atoms with van der Waals surface area (Å²) in [5.41, 5.74) is 0.289. The van der Waals surface area contributed by atoms with Crippen molar-refractivity contribution in [3.05, 3.63) is 24.0 Å². The van der Waals surface area contributed by atoms with Crippen LogP contribution in [0.15, 0.2) is 18.3 Å². The minimum Gasteiger partial charge on any atom is -0.486 e. The smallest absolute Gasteiger partial charge is 0.356 e. The molecule has 5 heteroatoms. The molecule has 0 saturated carbocycles. The highest BCUT2D eigenvalue weighted by molar-refractivity contribution is 5.87. The molecule has 0 aliphatic carbocycles. The quantitative estimate of drug-likeness (QED) is 0.720. The fourth-order valence-electron chi connectivity index (χ4n) is 1.21. The molecule has 0 bridgehead atoms. The summed E-state index contributed by atoms with van der Waals surface area (Å²) in [7, 11) is 1.33. The van der Waals surface area contributed by atoms with E-state index in [1.807, 2.05) is 0 Å². The lowest BCUT2D eigenvalue weighted by atomic mass is 10.2. The van der Waals surface area contributed by atoms with E-state index in [0.717, 1.165) is 13.1 Å². The largest absolute Gasteiger partial charge is 0.486 e. The van der Waals surface area contributed by atoms with Gasteiger partial charge in [-0.3, -0.25) is 0 Å². The number of hydrogen-bond donors (Lipinski definition) is 1. The van der Waals surface area contributed by atoms with Crippen LogP contribution in [0.2, 0.25) is 0 Å². The molecule has 2 heterocycles. The van der Waals surface area contributed by atoms with Gasteiger partial charge in [0.1, 0.15) is 17.5 Å². The third-order valence-electron chi connectivity index (χ3n) is 2.18. The van der Waals surface area contributed by atoms with Gasteiger partial charge in [-0.25, -0.2) is 9.78 Å². The Morgan fingerprint density at radius 1 is 1.53 bits per heavy atom. The Labute approximate surface area is 87.4 Å². The summed E-state index contributed by atoms with van der Waals surface area (Å²) < 4.78 is 10.1. The SMILES string of the molecule is COC(=O)c1ccc(OC2CNC2)cn1. The van der Waals surface area contributed by atoms with Gasteiger partial charge in [-0.2, -0.15) is 0 Å². The highest BCUT2D eigenvalue weighted by Gasteiger charge is 2.18. The van der Waals surface area contributed by atoms with Crippen LogP contribution in [0.1, 0.15) is 10.5 Å². The van der Waals surface area contributed by atoms with Gasteiger partial charge >= 0.3 is 5.97 Å². The lowest BCUT2D eigenvalue weighted by Crippen LogP contribution is -2.50. The summed E-state index contributed by atoms with van der Waals surface area (Å²) in [6.07, 6.45) is 1.75. The normalized spacial score (nSPS) is 15.5. The lowest BCUT2D eigenvalue weighted by Gasteiger charge is -2.27. The number of nitrogens with one attached hydrogen (secondary N) is 1. The van der Waals surface area contributed by atoms with Crippen LogP contribution in [0.4, 0.5) is 0 Å². The average Bonchev–Trinajstić information content (AvgIpc) is 2.23. The number of methoxy groups -OCH3 is 1. The van der Waals surface area contributed by atoms with Crippen LogP contribution in [0, 0.1) is 0 Å². The van der Waals surface area contributed by atoms with Gasteiger partial charge in [0.2, 0.25) is 0 Å². The first-order chi connectivity index (χ1) is 7.29. The minimum atomic E-state index is -0.438. The second-order valence-electron chi connectivity index (χ2n) is 3.27. The number of aromatic nitrogens is 1. The Kier molecular flexibility index (Phi) is 2.82. The maximum Gasteiger partial charge on any atom is 0.356 e. The number of nitrogens with zero attached hydrogens (tertiary/aromatic N) is 1. The van der Waals surface area contributed by atoms with Crippen molar-refractivity contribution in [1.82, 2.24) is 10.3 Å². The minimum absolute atomic E-state index is 0.218. The first kappa shape index (κ1) is 9.92. The van der Waals surface area contributed by atoms with Crippen molar-refractivity contribution >= 4 is 5.97 Å². The first-order valence-electron chi connectivity index (χ1n) is 4.71. The molecule has 5 nitrogen and oxygen atoms in total. The van der Waals surface area contributed by atoms with E-state index < -0.39 is 5.97 Å². The fraction of sp³-hybridized carbons (Fsp3) is 0.400. The Morgan fingerprint density at radius 2 is 2.33 bits per heavy atom. The standard InChI is InChI=1S/C10H12N2O3/c1-14-10(13)9-3-2-7(6-12-9)15-8-4-11-5-8/h2-3,6,8,11H,4-5H2,1H3. The monoisotopic (exact) mass is 208 g/mol.